The van der Waals surface area contributed by atoms with Crippen LogP contribution in [0.15, 0.2) is 35.1 Å². The number of nitrogens with two attached hydrogens (primary N) is 1. The number of hydrogen-bond acceptors (Lipinski definition) is 3. The molecule has 2 N–H and O–H groups in total. The van der Waals surface area contributed by atoms with Crippen molar-refractivity contribution in [2.45, 2.75) is 0 Å². The Balaban J connectivity index is 2.59. The molecule has 0 radical (unpaired) electrons. The average Bonchev–Trinajstić information content (AvgIpc) is 2.46. The van der Waals surface area contributed by atoms with E-state index >= 15 is 0 Å². The third-order valence-electron chi connectivity index (χ3n) is 1.44. The number of nitrogens with zero attached hydrogens (tertiary/aromatic N) is 3. The lowest BCUT2D eigenvalue weighted by Gasteiger charge is -1.99. The summed E-state index contributed by atoms with van der Waals surface area (Å²) >= 11 is 3.10. The van der Waals surface area contributed by atoms with Gasteiger partial charge in [0.1, 0.15) is 0 Å². The first kappa shape index (κ1) is 6.15. The topological polar surface area (TPSA) is 56.7 Å². The standard InChI is InChI=1S/C8H7BrN4/c9-6-4-12-13(5-6)8-3-7(10)1-2-11-8/h1-5H,(H2,10,11)/i4D,5D. The van der Waals surface area contributed by atoms with Crippen molar-refractivity contribution < 1.29 is 2.74 Å². The van der Waals surface area contributed by atoms with Crippen LogP contribution < -0.4 is 5.73 Å². The predicted molar refractivity (Wildman–Crippen MR) is 53.5 cm³/mol. The number of halogens is 1. The van der Waals surface area contributed by atoms with Crippen molar-refractivity contribution in [2.24, 2.45) is 0 Å². The van der Waals surface area contributed by atoms with Crippen molar-refractivity contribution in [2.75, 3.05) is 5.73 Å². The molecular formula is C8H7BrN4. The number of pyridine rings is 1. The first-order valence-electron chi connectivity index (χ1n) is 4.53. The Labute approximate surface area is 86.3 Å². The van der Waals surface area contributed by atoms with Crippen LogP contribution in [0.1, 0.15) is 2.74 Å². The molecule has 0 amide bonds. The van der Waals surface area contributed by atoms with E-state index in [1.54, 1.807) is 12.1 Å². The van der Waals surface area contributed by atoms with Gasteiger partial charge in [0.25, 0.3) is 0 Å². The third kappa shape index (κ3) is 1.70. The fourth-order valence-electron chi connectivity index (χ4n) is 0.895. The average molecular weight is 241 g/mol. The molecule has 0 atom stereocenters. The van der Waals surface area contributed by atoms with Gasteiger partial charge in [0, 0.05) is 24.1 Å². The number of anilines is 1. The van der Waals surface area contributed by atoms with Crippen LogP contribution >= 0.6 is 15.9 Å². The van der Waals surface area contributed by atoms with Crippen LogP contribution in [0.5, 0.6) is 0 Å². The van der Waals surface area contributed by atoms with E-state index in [0.717, 1.165) is 0 Å². The Hall–Kier alpha value is -1.36. The molecule has 0 aromatic carbocycles. The van der Waals surface area contributed by atoms with Crippen LogP contribution in [0.25, 0.3) is 5.82 Å². The molecule has 2 aromatic rings. The molecule has 13 heavy (non-hydrogen) atoms. The van der Waals surface area contributed by atoms with Crippen LogP contribution in [0.3, 0.4) is 0 Å². The zero-order valence-electron chi connectivity index (χ0n) is 8.53. The third-order valence-corrected chi connectivity index (χ3v) is 1.79. The Morgan fingerprint density at radius 1 is 1.62 bits per heavy atom. The van der Waals surface area contributed by atoms with Gasteiger partial charge >= 0.3 is 0 Å². The second kappa shape index (κ2) is 3.18. The predicted octanol–water partition coefficient (Wildman–Crippen LogP) is 1.61. The molecular weight excluding hydrogens is 232 g/mol. The number of nitrogen functional groups attached to an aromatic ring is 1. The first-order chi connectivity index (χ1) is 7.09. The fourth-order valence-corrected chi connectivity index (χ4v) is 1.14. The van der Waals surface area contributed by atoms with Gasteiger partial charge < -0.3 is 5.73 Å². The van der Waals surface area contributed by atoms with Crippen LogP contribution in [0, 0.1) is 0 Å². The number of aromatic nitrogens is 3. The molecule has 0 aliphatic carbocycles. The largest absolute Gasteiger partial charge is 0.399 e. The van der Waals surface area contributed by atoms with E-state index in [-0.39, 0.29) is 12.3 Å². The molecule has 0 saturated heterocycles. The van der Waals surface area contributed by atoms with Crippen LogP contribution in [0.4, 0.5) is 5.69 Å². The summed E-state index contributed by atoms with van der Waals surface area (Å²) in [5.74, 6) is 0.430. The smallest absolute Gasteiger partial charge is 0.155 e. The van der Waals surface area contributed by atoms with Crippen molar-refractivity contribution in [3.63, 3.8) is 0 Å². The van der Waals surface area contributed by atoms with E-state index < -0.39 is 0 Å². The summed E-state index contributed by atoms with van der Waals surface area (Å²) in [5.41, 5.74) is 6.13. The van der Waals surface area contributed by atoms with Crippen molar-refractivity contribution in [3.8, 4) is 5.82 Å². The highest BCUT2D eigenvalue weighted by Gasteiger charge is 1.99. The zero-order valence-corrected chi connectivity index (χ0v) is 8.12. The number of rotatable bonds is 1. The normalized spacial score (nSPS) is 12.4. The maximum atomic E-state index is 7.68. The highest BCUT2D eigenvalue weighted by Crippen LogP contribution is 2.12. The Morgan fingerprint density at radius 3 is 3.08 bits per heavy atom. The van der Waals surface area contributed by atoms with Gasteiger partial charge in [0.05, 0.1) is 13.4 Å². The quantitative estimate of drug-likeness (QED) is 0.825. The molecule has 0 saturated carbocycles. The van der Waals surface area contributed by atoms with Gasteiger partial charge in [0.15, 0.2) is 5.82 Å². The van der Waals surface area contributed by atoms with Crippen molar-refractivity contribution in [1.82, 2.24) is 14.8 Å². The molecule has 0 aliphatic rings. The first-order valence-corrected chi connectivity index (χ1v) is 4.32. The van der Waals surface area contributed by atoms with Crippen LogP contribution in [-0.2, 0) is 0 Å². The van der Waals surface area contributed by atoms with Crippen LogP contribution in [0.2, 0.25) is 0 Å². The Kier molecular flexibility index (Phi) is 1.50. The zero-order chi connectivity index (χ0) is 11.0. The lowest BCUT2D eigenvalue weighted by Crippen LogP contribution is -1.98. The summed E-state index contributed by atoms with van der Waals surface area (Å²) in [6.45, 7) is 0. The molecule has 0 unspecified atom stereocenters. The lowest BCUT2D eigenvalue weighted by molar-refractivity contribution is 0.847. The van der Waals surface area contributed by atoms with E-state index in [4.69, 9.17) is 8.48 Å². The van der Waals surface area contributed by atoms with Gasteiger partial charge in [-0.2, -0.15) is 5.10 Å². The molecule has 0 fully saturated rings. The molecule has 4 nitrogen and oxygen atoms in total. The highest BCUT2D eigenvalue weighted by atomic mass is 79.9. The van der Waals surface area contributed by atoms with Gasteiger partial charge in [-0.15, -0.1) is 0 Å². The Morgan fingerprint density at radius 2 is 2.46 bits per heavy atom. The van der Waals surface area contributed by atoms with Gasteiger partial charge in [-0.25, -0.2) is 9.67 Å². The minimum absolute atomic E-state index is 0.00391. The molecule has 2 aromatic heterocycles. The molecule has 66 valence electrons. The summed E-state index contributed by atoms with van der Waals surface area (Å²) in [4.78, 5) is 4.02. The van der Waals surface area contributed by atoms with Gasteiger partial charge in [0.2, 0.25) is 0 Å². The second-order valence-electron chi connectivity index (χ2n) is 2.40. The summed E-state index contributed by atoms with van der Waals surface area (Å²) < 4.78 is 16.7. The molecule has 2 heterocycles. The molecule has 0 bridgehead atoms. The highest BCUT2D eigenvalue weighted by molar-refractivity contribution is 9.10. The van der Waals surface area contributed by atoms with Crippen LogP contribution in [-0.4, -0.2) is 14.8 Å². The monoisotopic (exact) mass is 240 g/mol. The molecule has 2 rings (SSSR count). The Bertz CT molecular complexity index is 511. The minimum Gasteiger partial charge on any atom is -0.399 e. The molecule has 0 spiro atoms. The van der Waals surface area contributed by atoms with Crippen molar-refractivity contribution in [3.05, 3.63) is 35.1 Å². The summed E-state index contributed by atoms with van der Waals surface area (Å²) in [6.07, 6.45) is 1.62. The fraction of sp³-hybridized carbons (Fsp3) is 0. The minimum atomic E-state index is 0.00391. The van der Waals surface area contributed by atoms with E-state index in [0.29, 0.717) is 16.0 Å². The van der Waals surface area contributed by atoms with Crippen molar-refractivity contribution in [1.29, 1.82) is 0 Å². The summed E-state index contributed by atoms with van der Waals surface area (Å²) in [5, 5.41) is 3.85. The van der Waals surface area contributed by atoms with Gasteiger partial charge in [-0.1, -0.05) is 0 Å². The number of hydrogen-bond donors (Lipinski definition) is 1. The van der Waals surface area contributed by atoms with Crippen molar-refractivity contribution >= 4 is 21.6 Å². The second-order valence-corrected chi connectivity index (χ2v) is 3.19. The molecule has 0 aliphatic heterocycles. The molecule has 5 heteroatoms. The van der Waals surface area contributed by atoms with E-state index in [2.05, 4.69) is 26.0 Å². The maximum Gasteiger partial charge on any atom is 0.155 e. The van der Waals surface area contributed by atoms with E-state index in [1.807, 2.05) is 0 Å². The van der Waals surface area contributed by atoms with Gasteiger partial charge in [-0.3, -0.25) is 0 Å². The van der Waals surface area contributed by atoms with E-state index in [1.165, 1.54) is 10.9 Å². The van der Waals surface area contributed by atoms with E-state index in [9.17, 15) is 0 Å². The SMILES string of the molecule is [2H]c1nn(-c2cc(N)ccn2)c([2H])c1Br. The maximum absolute atomic E-state index is 7.68. The summed E-state index contributed by atoms with van der Waals surface area (Å²) in [6, 6.07) is 3.24. The lowest BCUT2D eigenvalue weighted by atomic mass is 10.4. The summed E-state index contributed by atoms with van der Waals surface area (Å²) in [7, 11) is 0. The van der Waals surface area contributed by atoms with Gasteiger partial charge in [-0.05, 0) is 22.0 Å².